The van der Waals surface area contributed by atoms with E-state index in [0.717, 1.165) is 11.1 Å². The normalized spacial score (nSPS) is 36.4. The number of aliphatic hydroxyl groups is 6. The molecule has 2 aliphatic heterocycles. The van der Waals surface area contributed by atoms with E-state index < -0.39 is 74.6 Å². The SMILES string of the molecule is OC[C@H]1O[C@@H](O[C@@H]2[C@@H](OCc3ccccc3)[C@@H](O)O[C@H](CO)[C@H]2OCc2ccccc2)[C@H](O)[C@@H](O)[C@@H]1O. The highest BCUT2D eigenvalue weighted by molar-refractivity contribution is 5.14. The summed E-state index contributed by atoms with van der Waals surface area (Å²) in [5.74, 6) is 0. The van der Waals surface area contributed by atoms with Gasteiger partial charge in [-0.1, -0.05) is 60.7 Å². The number of benzene rings is 2. The first kappa shape index (κ1) is 28.0. The van der Waals surface area contributed by atoms with Gasteiger partial charge in [-0.25, -0.2) is 0 Å². The lowest BCUT2D eigenvalue weighted by Gasteiger charge is -2.47. The second-order valence-corrected chi connectivity index (χ2v) is 9.07. The van der Waals surface area contributed by atoms with Gasteiger partial charge in [-0.3, -0.25) is 0 Å². The third-order valence-corrected chi connectivity index (χ3v) is 6.50. The van der Waals surface area contributed by atoms with Crippen molar-refractivity contribution < 1.29 is 54.3 Å². The highest BCUT2D eigenvalue weighted by Gasteiger charge is 2.52. The predicted molar refractivity (Wildman–Crippen MR) is 127 cm³/mol. The van der Waals surface area contributed by atoms with Gasteiger partial charge < -0.3 is 54.3 Å². The Morgan fingerprint density at radius 2 is 1.14 bits per heavy atom. The highest BCUT2D eigenvalue weighted by Crippen LogP contribution is 2.32. The molecule has 37 heavy (non-hydrogen) atoms. The third kappa shape index (κ3) is 6.72. The molecule has 0 unspecified atom stereocenters. The zero-order valence-corrected chi connectivity index (χ0v) is 20.1. The van der Waals surface area contributed by atoms with Crippen molar-refractivity contribution in [3.05, 3.63) is 71.8 Å². The zero-order chi connectivity index (χ0) is 26.4. The first-order valence-electron chi connectivity index (χ1n) is 12.1. The van der Waals surface area contributed by atoms with Crippen LogP contribution in [0.5, 0.6) is 0 Å². The molecule has 2 heterocycles. The van der Waals surface area contributed by atoms with Gasteiger partial charge in [-0.2, -0.15) is 0 Å². The van der Waals surface area contributed by atoms with Gasteiger partial charge in [0, 0.05) is 0 Å². The molecule has 6 N–H and O–H groups in total. The van der Waals surface area contributed by atoms with Gasteiger partial charge in [0.1, 0.15) is 48.8 Å². The highest BCUT2D eigenvalue weighted by atomic mass is 16.7. The summed E-state index contributed by atoms with van der Waals surface area (Å²) < 4.78 is 29.3. The minimum atomic E-state index is -1.69. The molecule has 0 spiro atoms. The average molecular weight is 523 g/mol. The molecular weight excluding hydrogens is 488 g/mol. The molecule has 11 heteroatoms. The van der Waals surface area contributed by atoms with Crippen LogP contribution in [0.3, 0.4) is 0 Å². The Labute approximate surface area is 214 Å². The van der Waals surface area contributed by atoms with Crippen LogP contribution >= 0.6 is 0 Å². The molecule has 0 amide bonds. The lowest BCUT2D eigenvalue weighted by Crippen LogP contribution is -2.65. The summed E-state index contributed by atoms with van der Waals surface area (Å²) in [5.41, 5.74) is 1.64. The smallest absolute Gasteiger partial charge is 0.187 e. The molecule has 2 aromatic carbocycles. The van der Waals surface area contributed by atoms with Crippen molar-refractivity contribution in [3.63, 3.8) is 0 Å². The summed E-state index contributed by atoms with van der Waals surface area (Å²) in [4.78, 5) is 0. The van der Waals surface area contributed by atoms with E-state index in [9.17, 15) is 30.6 Å². The lowest BCUT2D eigenvalue weighted by atomic mass is 9.96. The van der Waals surface area contributed by atoms with Gasteiger partial charge in [0.2, 0.25) is 0 Å². The maximum Gasteiger partial charge on any atom is 0.187 e. The van der Waals surface area contributed by atoms with E-state index >= 15 is 0 Å². The van der Waals surface area contributed by atoms with Crippen molar-refractivity contribution in [1.29, 1.82) is 0 Å². The van der Waals surface area contributed by atoms with E-state index in [2.05, 4.69) is 0 Å². The maximum absolute atomic E-state index is 10.8. The topological polar surface area (TPSA) is 168 Å². The van der Waals surface area contributed by atoms with Crippen LogP contribution in [0, 0.1) is 0 Å². The van der Waals surface area contributed by atoms with Crippen molar-refractivity contribution in [2.75, 3.05) is 13.2 Å². The molecule has 4 rings (SSSR count). The molecule has 0 radical (unpaired) electrons. The number of ether oxygens (including phenoxy) is 5. The summed E-state index contributed by atoms with van der Waals surface area (Å²) in [6, 6.07) is 18.4. The Hall–Kier alpha value is -2.00. The monoisotopic (exact) mass is 522 g/mol. The number of hydrogen-bond acceptors (Lipinski definition) is 11. The second-order valence-electron chi connectivity index (χ2n) is 9.07. The summed E-state index contributed by atoms with van der Waals surface area (Å²) in [6.45, 7) is -0.962. The molecule has 204 valence electrons. The molecule has 2 fully saturated rings. The van der Waals surface area contributed by atoms with Crippen molar-refractivity contribution in [3.8, 4) is 0 Å². The van der Waals surface area contributed by atoms with Crippen LogP contribution in [0.1, 0.15) is 11.1 Å². The number of rotatable bonds is 10. The lowest BCUT2D eigenvalue weighted by molar-refractivity contribution is -0.365. The van der Waals surface area contributed by atoms with Crippen LogP contribution in [-0.2, 0) is 36.9 Å². The van der Waals surface area contributed by atoms with Crippen LogP contribution in [0.25, 0.3) is 0 Å². The Kier molecular flexibility index (Phi) is 9.98. The summed E-state index contributed by atoms with van der Waals surface area (Å²) in [5, 5.41) is 61.3. The molecule has 2 saturated heterocycles. The maximum atomic E-state index is 10.8. The van der Waals surface area contributed by atoms with Crippen LogP contribution in [0.4, 0.5) is 0 Å². The average Bonchev–Trinajstić information content (AvgIpc) is 2.93. The molecular formula is C26H34O11. The van der Waals surface area contributed by atoms with Gasteiger partial charge in [-0.05, 0) is 11.1 Å². The van der Waals surface area contributed by atoms with Crippen molar-refractivity contribution in [2.24, 2.45) is 0 Å². The minimum absolute atomic E-state index is 0.0790. The fraction of sp³-hybridized carbons (Fsp3) is 0.538. The molecule has 0 aliphatic carbocycles. The molecule has 0 saturated carbocycles. The Balaban J connectivity index is 1.59. The third-order valence-electron chi connectivity index (χ3n) is 6.50. The van der Waals surface area contributed by atoms with Crippen molar-refractivity contribution in [2.45, 2.75) is 74.6 Å². The largest absolute Gasteiger partial charge is 0.394 e. The molecule has 2 aromatic rings. The first-order chi connectivity index (χ1) is 17.9. The number of aliphatic hydroxyl groups excluding tert-OH is 6. The summed E-state index contributed by atoms with van der Waals surface area (Å²) in [6.07, 6.45) is -13.5. The number of hydrogen-bond donors (Lipinski definition) is 6. The van der Waals surface area contributed by atoms with Gasteiger partial charge in [-0.15, -0.1) is 0 Å². The van der Waals surface area contributed by atoms with Gasteiger partial charge in [0.25, 0.3) is 0 Å². The van der Waals surface area contributed by atoms with Crippen LogP contribution in [0.2, 0.25) is 0 Å². The first-order valence-corrected chi connectivity index (χ1v) is 12.1. The Morgan fingerprint density at radius 3 is 1.68 bits per heavy atom. The molecule has 11 nitrogen and oxygen atoms in total. The van der Waals surface area contributed by atoms with Gasteiger partial charge in [0.15, 0.2) is 12.6 Å². The Morgan fingerprint density at radius 1 is 0.595 bits per heavy atom. The Bertz CT molecular complexity index is 931. The molecule has 2 aliphatic rings. The molecule has 0 bridgehead atoms. The van der Waals surface area contributed by atoms with E-state index in [1.54, 1.807) is 0 Å². The second kappa shape index (κ2) is 13.2. The van der Waals surface area contributed by atoms with E-state index in [4.69, 9.17) is 23.7 Å². The van der Waals surface area contributed by atoms with Gasteiger partial charge >= 0.3 is 0 Å². The predicted octanol–water partition coefficient (Wildman–Crippen LogP) is -0.948. The summed E-state index contributed by atoms with van der Waals surface area (Å²) >= 11 is 0. The quantitative estimate of drug-likeness (QED) is 0.228. The van der Waals surface area contributed by atoms with Crippen molar-refractivity contribution >= 4 is 0 Å². The standard InChI is InChI=1S/C26H34O11/c27-11-17-19(29)20(30)21(31)26(36-17)37-23-22(33-13-15-7-3-1-4-8-15)18(12-28)35-25(32)24(23)34-14-16-9-5-2-6-10-16/h1-10,17-32H,11-14H2/t17-,18-,19-,20+,21-,22-,23+,24-,25+,26+/m1/s1. The van der Waals surface area contributed by atoms with Crippen LogP contribution in [0.15, 0.2) is 60.7 Å². The summed E-state index contributed by atoms with van der Waals surface area (Å²) in [7, 11) is 0. The minimum Gasteiger partial charge on any atom is -0.394 e. The molecule has 10 atom stereocenters. The van der Waals surface area contributed by atoms with Gasteiger partial charge in [0.05, 0.1) is 26.4 Å². The van der Waals surface area contributed by atoms with Crippen LogP contribution < -0.4 is 0 Å². The van der Waals surface area contributed by atoms with E-state index in [1.807, 2.05) is 60.7 Å². The van der Waals surface area contributed by atoms with E-state index in [-0.39, 0.29) is 13.2 Å². The van der Waals surface area contributed by atoms with E-state index in [1.165, 1.54) is 0 Å². The van der Waals surface area contributed by atoms with E-state index in [0.29, 0.717) is 0 Å². The molecule has 0 aromatic heterocycles. The fourth-order valence-electron chi connectivity index (χ4n) is 4.44. The van der Waals surface area contributed by atoms with Crippen molar-refractivity contribution in [1.82, 2.24) is 0 Å². The fourth-order valence-corrected chi connectivity index (χ4v) is 4.44. The van der Waals surface area contributed by atoms with Crippen LogP contribution in [-0.4, -0.2) is 105 Å². The zero-order valence-electron chi connectivity index (χ0n) is 20.1.